The topological polar surface area (TPSA) is 18.5 Å². The first-order chi connectivity index (χ1) is 5.86. The van der Waals surface area contributed by atoms with Crippen molar-refractivity contribution in [1.29, 1.82) is 0 Å². The van der Waals surface area contributed by atoms with Gasteiger partial charge in [0.2, 0.25) is 0 Å². The van der Waals surface area contributed by atoms with Crippen molar-refractivity contribution in [3.63, 3.8) is 0 Å². The summed E-state index contributed by atoms with van der Waals surface area (Å²) in [6, 6.07) is 10.2. The molecule has 1 aliphatic heterocycles. The van der Waals surface area contributed by atoms with Crippen LogP contribution in [0, 0.1) is 0 Å². The van der Waals surface area contributed by atoms with Crippen LogP contribution < -0.4 is 0 Å². The van der Waals surface area contributed by atoms with Gasteiger partial charge in [-0.2, -0.15) is 0 Å². The van der Waals surface area contributed by atoms with Gasteiger partial charge in [-0.25, -0.2) is 0 Å². The molecule has 1 fully saturated rings. The molecule has 0 N–H and O–H groups in total. The number of hydrogen-bond acceptors (Lipinski definition) is 2. The lowest BCUT2D eigenvalue weighted by Crippen LogP contribution is -2.01. The average Bonchev–Trinajstić information content (AvgIpc) is 2.54. The van der Waals surface area contributed by atoms with E-state index >= 15 is 0 Å². The van der Waals surface area contributed by atoms with E-state index in [0.29, 0.717) is 6.61 Å². The molecule has 0 aliphatic carbocycles. The molecule has 1 heterocycles. The highest BCUT2D eigenvalue weighted by molar-refractivity contribution is 5.18. The zero-order chi connectivity index (χ0) is 8.39. The second-order valence-electron chi connectivity index (χ2n) is 2.94. The van der Waals surface area contributed by atoms with Gasteiger partial charge < -0.3 is 9.47 Å². The van der Waals surface area contributed by atoms with Crippen LogP contribution in [-0.2, 0) is 9.47 Å². The molecule has 2 nitrogen and oxygen atoms in total. The first-order valence-corrected chi connectivity index (χ1v) is 4.18. The number of ether oxygens (including phenoxy) is 2. The Bertz CT molecular complexity index is 245. The molecule has 2 atom stereocenters. The molecule has 1 saturated heterocycles. The third-order valence-electron chi connectivity index (χ3n) is 2.01. The van der Waals surface area contributed by atoms with E-state index in [1.54, 1.807) is 0 Å². The molecule has 0 aromatic heterocycles. The average molecular weight is 164 g/mol. The third-order valence-corrected chi connectivity index (χ3v) is 2.01. The van der Waals surface area contributed by atoms with Gasteiger partial charge in [0.25, 0.3) is 0 Å². The molecule has 1 aliphatic rings. The van der Waals surface area contributed by atoms with Crippen molar-refractivity contribution in [3.8, 4) is 0 Å². The van der Waals surface area contributed by atoms with Crippen LogP contribution in [-0.4, -0.2) is 12.9 Å². The van der Waals surface area contributed by atoms with Crippen LogP contribution >= 0.6 is 0 Å². The first-order valence-electron chi connectivity index (χ1n) is 4.18. The Morgan fingerprint density at radius 3 is 2.58 bits per heavy atom. The molecular formula is C10H12O2. The van der Waals surface area contributed by atoms with Crippen LogP contribution in [0.15, 0.2) is 30.3 Å². The zero-order valence-corrected chi connectivity index (χ0v) is 7.07. The summed E-state index contributed by atoms with van der Waals surface area (Å²) in [7, 11) is 0. The molecule has 2 unspecified atom stereocenters. The summed E-state index contributed by atoms with van der Waals surface area (Å²) in [5.74, 6) is 0. The minimum absolute atomic E-state index is 0.0600. The SMILES string of the molecule is CC1OCC(c2ccccc2)O1. The summed E-state index contributed by atoms with van der Waals surface area (Å²) < 4.78 is 10.8. The molecule has 0 spiro atoms. The number of rotatable bonds is 1. The van der Waals surface area contributed by atoms with Crippen LogP contribution in [0.1, 0.15) is 18.6 Å². The smallest absolute Gasteiger partial charge is 0.155 e. The van der Waals surface area contributed by atoms with Gasteiger partial charge in [0.15, 0.2) is 6.29 Å². The highest BCUT2D eigenvalue weighted by atomic mass is 16.7. The fourth-order valence-electron chi connectivity index (χ4n) is 1.38. The van der Waals surface area contributed by atoms with Gasteiger partial charge in [-0.15, -0.1) is 0 Å². The zero-order valence-electron chi connectivity index (χ0n) is 7.07. The molecule has 2 heteroatoms. The molecule has 12 heavy (non-hydrogen) atoms. The van der Waals surface area contributed by atoms with Crippen LogP contribution in [0.25, 0.3) is 0 Å². The van der Waals surface area contributed by atoms with E-state index in [4.69, 9.17) is 9.47 Å². The third kappa shape index (κ3) is 1.49. The van der Waals surface area contributed by atoms with Gasteiger partial charge in [-0.3, -0.25) is 0 Å². The maximum Gasteiger partial charge on any atom is 0.155 e. The van der Waals surface area contributed by atoms with Crippen LogP contribution in [0.5, 0.6) is 0 Å². The summed E-state index contributed by atoms with van der Waals surface area (Å²) in [6.07, 6.45) is 0.0661. The summed E-state index contributed by atoms with van der Waals surface area (Å²) >= 11 is 0. The van der Waals surface area contributed by atoms with E-state index < -0.39 is 0 Å². The van der Waals surface area contributed by atoms with E-state index in [1.807, 2.05) is 25.1 Å². The Morgan fingerprint density at radius 1 is 1.25 bits per heavy atom. The van der Waals surface area contributed by atoms with Crippen molar-refractivity contribution in [2.24, 2.45) is 0 Å². The predicted octanol–water partition coefficient (Wildman–Crippen LogP) is 2.12. The Kier molecular flexibility index (Phi) is 2.11. The van der Waals surface area contributed by atoms with Crippen molar-refractivity contribution in [3.05, 3.63) is 35.9 Å². The van der Waals surface area contributed by atoms with Crippen molar-refractivity contribution in [2.45, 2.75) is 19.3 Å². The standard InChI is InChI=1S/C10H12O2/c1-8-11-7-10(12-8)9-5-3-2-4-6-9/h2-6,8,10H,7H2,1H3. The van der Waals surface area contributed by atoms with E-state index in [2.05, 4.69) is 12.1 Å². The summed E-state index contributed by atoms with van der Waals surface area (Å²) in [6.45, 7) is 2.59. The van der Waals surface area contributed by atoms with Crippen LogP contribution in [0.2, 0.25) is 0 Å². The second-order valence-corrected chi connectivity index (χ2v) is 2.94. The van der Waals surface area contributed by atoms with Crippen molar-refractivity contribution in [2.75, 3.05) is 6.61 Å². The van der Waals surface area contributed by atoms with E-state index in [-0.39, 0.29) is 12.4 Å². The molecule has 0 amide bonds. The van der Waals surface area contributed by atoms with Gasteiger partial charge >= 0.3 is 0 Å². The van der Waals surface area contributed by atoms with Crippen molar-refractivity contribution in [1.82, 2.24) is 0 Å². The normalized spacial score (nSPS) is 29.1. The van der Waals surface area contributed by atoms with E-state index in [9.17, 15) is 0 Å². The molecular weight excluding hydrogens is 152 g/mol. The van der Waals surface area contributed by atoms with Gasteiger partial charge in [0.1, 0.15) is 6.10 Å². The van der Waals surface area contributed by atoms with Crippen LogP contribution in [0.4, 0.5) is 0 Å². The summed E-state index contributed by atoms with van der Waals surface area (Å²) in [5.41, 5.74) is 1.20. The lowest BCUT2D eigenvalue weighted by Gasteiger charge is -2.07. The van der Waals surface area contributed by atoms with Gasteiger partial charge in [-0.05, 0) is 12.5 Å². The molecule has 0 bridgehead atoms. The van der Waals surface area contributed by atoms with Gasteiger partial charge in [0.05, 0.1) is 6.61 Å². The lowest BCUT2D eigenvalue weighted by molar-refractivity contribution is -0.0426. The Hall–Kier alpha value is -0.860. The fourth-order valence-corrected chi connectivity index (χ4v) is 1.38. The Morgan fingerprint density at radius 2 is 2.00 bits per heavy atom. The second kappa shape index (κ2) is 3.25. The van der Waals surface area contributed by atoms with Crippen molar-refractivity contribution < 1.29 is 9.47 Å². The molecule has 1 aromatic carbocycles. The summed E-state index contributed by atoms with van der Waals surface area (Å²) in [4.78, 5) is 0. The Labute approximate surface area is 72.1 Å². The minimum Gasteiger partial charge on any atom is -0.350 e. The predicted molar refractivity (Wildman–Crippen MR) is 45.7 cm³/mol. The van der Waals surface area contributed by atoms with E-state index in [0.717, 1.165) is 0 Å². The number of hydrogen-bond donors (Lipinski definition) is 0. The van der Waals surface area contributed by atoms with Gasteiger partial charge in [-0.1, -0.05) is 30.3 Å². The molecule has 0 saturated carbocycles. The Balaban J connectivity index is 2.11. The molecule has 1 aromatic rings. The van der Waals surface area contributed by atoms with E-state index in [1.165, 1.54) is 5.56 Å². The number of benzene rings is 1. The largest absolute Gasteiger partial charge is 0.350 e. The van der Waals surface area contributed by atoms with Crippen LogP contribution in [0.3, 0.4) is 0 Å². The van der Waals surface area contributed by atoms with Crippen molar-refractivity contribution >= 4 is 0 Å². The molecule has 64 valence electrons. The molecule has 0 radical (unpaired) electrons. The highest BCUT2D eigenvalue weighted by Crippen LogP contribution is 2.25. The minimum atomic E-state index is -0.0600. The monoisotopic (exact) mass is 164 g/mol. The fraction of sp³-hybridized carbons (Fsp3) is 0.400. The summed E-state index contributed by atoms with van der Waals surface area (Å²) in [5, 5.41) is 0. The maximum atomic E-state index is 5.53. The molecule has 2 rings (SSSR count). The first kappa shape index (κ1) is 7.77. The quantitative estimate of drug-likeness (QED) is 0.633. The highest BCUT2D eigenvalue weighted by Gasteiger charge is 2.23. The van der Waals surface area contributed by atoms with Gasteiger partial charge in [0, 0.05) is 0 Å². The lowest BCUT2D eigenvalue weighted by atomic mass is 10.1. The maximum absolute atomic E-state index is 5.53.